The molecule has 0 aliphatic rings. The Balaban J connectivity index is 0.00000225. The van der Waals surface area contributed by atoms with Gasteiger partial charge in [0.05, 0.1) is 19.8 Å². The lowest BCUT2D eigenvalue weighted by Gasteiger charge is -2.06. The lowest BCUT2D eigenvalue weighted by atomic mass is 9.99. The smallest absolute Gasteiger partial charge is 0.338 e. The molecule has 3 nitrogen and oxygen atoms in total. The third-order valence-electron chi connectivity index (χ3n) is 3.74. The van der Waals surface area contributed by atoms with Gasteiger partial charge in [-0.15, -0.1) is 0 Å². The number of carbonyl (C=O) groups is 1. The zero-order chi connectivity index (χ0) is 16.9. The van der Waals surface area contributed by atoms with Crippen LogP contribution in [0.25, 0.3) is 10.8 Å². The molecule has 0 unspecified atom stereocenters. The fourth-order valence-electron chi connectivity index (χ4n) is 2.54. The Kier molecular flexibility index (Phi) is 5.81. The Labute approximate surface area is 148 Å². The Bertz CT molecular complexity index is 939. The summed E-state index contributed by atoms with van der Waals surface area (Å²) >= 11 is 0. The summed E-state index contributed by atoms with van der Waals surface area (Å²) in [6, 6.07) is 18.9. The molecule has 0 radical (unpaired) electrons. The van der Waals surface area contributed by atoms with Crippen LogP contribution in [0.4, 0.5) is 0 Å². The van der Waals surface area contributed by atoms with E-state index in [2.05, 4.69) is 11.8 Å². The van der Waals surface area contributed by atoms with E-state index in [0.29, 0.717) is 5.56 Å². The zero-order valence-electron chi connectivity index (χ0n) is 13.5. The second kappa shape index (κ2) is 8.03. The van der Waals surface area contributed by atoms with Gasteiger partial charge < -0.3 is 9.47 Å². The first-order chi connectivity index (χ1) is 11.7. The second-order valence-electron chi connectivity index (χ2n) is 5.18. The minimum Gasteiger partial charge on any atom is -0.497 e. The van der Waals surface area contributed by atoms with Crippen LogP contribution in [0.2, 0.25) is 0 Å². The van der Waals surface area contributed by atoms with E-state index >= 15 is 0 Å². The van der Waals surface area contributed by atoms with Crippen molar-refractivity contribution >= 4 is 16.7 Å². The Morgan fingerprint density at radius 3 is 2.20 bits per heavy atom. The molecular formula is C22H20O3. The molecule has 0 N–H and O–H groups in total. The standard InChI is InChI=1S/C21H16O3.CH4/c1-23-18-13-10-15(11-14-18)9-12-17-6-3-5-16-7-4-8-19(20(16)17)21(22)24-2;/h3-8,10-11,13-14H,1-2H3;1H4. The molecule has 3 rings (SSSR count). The first kappa shape index (κ1) is 18.1. The van der Waals surface area contributed by atoms with Crippen LogP contribution in [0.15, 0.2) is 60.7 Å². The minimum absolute atomic E-state index is 0. The van der Waals surface area contributed by atoms with Crippen molar-refractivity contribution in [1.29, 1.82) is 0 Å². The van der Waals surface area contributed by atoms with Gasteiger partial charge >= 0.3 is 5.97 Å². The Hall–Kier alpha value is -3.25. The highest BCUT2D eigenvalue weighted by Crippen LogP contribution is 2.23. The molecule has 3 aromatic rings. The number of carbonyl (C=O) groups excluding carboxylic acids is 1. The van der Waals surface area contributed by atoms with E-state index in [0.717, 1.165) is 27.6 Å². The average molecular weight is 332 g/mol. The maximum Gasteiger partial charge on any atom is 0.338 e. The SMILES string of the molecule is C.COC(=O)c1cccc2cccc(C#Cc3ccc(OC)cc3)c12. The Morgan fingerprint density at radius 1 is 0.880 bits per heavy atom. The van der Waals surface area contributed by atoms with Crippen LogP contribution < -0.4 is 4.74 Å². The minimum atomic E-state index is -0.362. The molecule has 126 valence electrons. The number of benzene rings is 3. The summed E-state index contributed by atoms with van der Waals surface area (Å²) in [4.78, 5) is 12.0. The lowest BCUT2D eigenvalue weighted by molar-refractivity contribution is 0.0603. The topological polar surface area (TPSA) is 35.5 Å². The fourth-order valence-corrected chi connectivity index (χ4v) is 2.54. The molecule has 0 atom stereocenters. The molecular weight excluding hydrogens is 312 g/mol. The van der Waals surface area contributed by atoms with E-state index in [1.54, 1.807) is 13.2 Å². The van der Waals surface area contributed by atoms with Gasteiger partial charge in [-0.3, -0.25) is 0 Å². The maximum atomic E-state index is 12.0. The average Bonchev–Trinajstić information content (AvgIpc) is 2.65. The molecule has 25 heavy (non-hydrogen) atoms. The molecule has 0 amide bonds. The number of esters is 1. The number of hydrogen-bond donors (Lipinski definition) is 0. The summed E-state index contributed by atoms with van der Waals surface area (Å²) in [5, 5.41) is 1.77. The van der Waals surface area contributed by atoms with E-state index in [1.807, 2.05) is 54.6 Å². The summed E-state index contributed by atoms with van der Waals surface area (Å²) in [6.07, 6.45) is 0. The molecule has 0 spiro atoms. The summed E-state index contributed by atoms with van der Waals surface area (Å²) in [5.74, 6) is 6.72. The number of hydrogen-bond acceptors (Lipinski definition) is 3. The van der Waals surface area contributed by atoms with Gasteiger partial charge in [0.25, 0.3) is 0 Å². The van der Waals surface area contributed by atoms with Gasteiger partial charge in [-0.05, 0) is 41.8 Å². The molecule has 0 aliphatic heterocycles. The van der Waals surface area contributed by atoms with Crippen molar-refractivity contribution in [3.8, 4) is 17.6 Å². The van der Waals surface area contributed by atoms with Crippen LogP contribution in [0, 0.1) is 11.8 Å². The van der Waals surface area contributed by atoms with E-state index in [4.69, 9.17) is 9.47 Å². The van der Waals surface area contributed by atoms with Crippen LogP contribution in [0.5, 0.6) is 5.75 Å². The molecule has 0 aliphatic carbocycles. The van der Waals surface area contributed by atoms with Crippen molar-refractivity contribution in [3.05, 3.63) is 77.4 Å². The van der Waals surface area contributed by atoms with Crippen molar-refractivity contribution in [3.63, 3.8) is 0 Å². The normalized spacial score (nSPS) is 9.52. The molecule has 3 heteroatoms. The highest BCUT2D eigenvalue weighted by molar-refractivity contribution is 6.06. The van der Waals surface area contributed by atoms with Crippen LogP contribution in [0.3, 0.4) is 0 Å². The van der Waals surface area contributed by atoms with Gasteiger partial charge in [0.1, 0.15) is 5.75 Å². The second-order valence-corrected chi connectivity index (χ2v) is 5.18. The summed E-state index contributed by atoms with van der Waals surface area (Å²) in [7, 11) is 3.01. The molecule has 0 saturated carbocycles. The van der Waals surface area contributed by atoms with Gasteiger partial charge in [0, 0.05) is 16.5 Å². The third kappa shape index (κ3) is 3.81. The quantitative estimate of drug-likeness (QED) is 0.505. The molecule has 0 aromatic heterocycles. The maximum absolute atomic E-state index is 12.0. The van der Waals surface area contributed by atoms with Gasteiger partial charge in [-0.1, -0.05) is 43.5 Å². The van der Waals surface area contributed by atoms with E-state index < -0.39 is 0 Å². The third-order valence-corrected chi connectivity index (χ3v) is 3.74. The summed E-state index contributed by atoms with van der Waals surface area (Å²) in [6.45, 7) is 0. The predicted molar refractivity (Wildman–Crippen MR) is 101 cm³/mol. The zero-order valence-corrected chi connectivity index (χ0v) is 13.5. The predicted octanol–water partition coefficient (Wildman–Crippen LogP) is 4.67. The van der Waals surface area contributed by atoms with Crippen LogP contribution >= 0.6 is 0 Å². The Morgan fingerprint density at radius 2 is 1.56 bits per heavy atom. The van der Waals surface area contributed by atoms with Crippen molar-refractivity contribution in [1.82, 2.24) is 0 Å². The van der Waals surface area contributed by atoms with Crippen molar-refractivity contribution in [2.24, 2.45) is 0 Å². The van der Waals surface area contributed by atoms with Gasteiger partial charge in [0.15, 0.2) is 0 Å². The monoisotopic (exact) mass is 332 g/mol. The number of fused-ring (bicyclic) bond motifs is 1. The van der Waals surface area contributed by atoms with E-state index in [9.17, 15) is 4.79 Å². The molecule has 0 heterocycles. The highest BCUT2D eigenvalue weighted by atomic mass is 16.5. The number of methoxy groups -OCH3 is 2. The number of rotatable bonds is 2. The first-order valence-corrected chi connectivity index (χ1v) is 7.49. The number of ether oxygens (including phenoxy) is 2. The lowest BCUT2D eigenvalue weighted by Crippen LogP contribution is -2.02. The first-order valence-electron chi connectivity index (χ1n) is 7.49. The van der Waals surface area contributed by atoms with Gasteiger partial charge in [-0.25, -0.2) is 4.79 Å². The molecule has 0 saturated heterocycles. The largest absolute Gasteiger partial charge is 0.497 e. The van der Waals surface area contributed by atoms with Gasteiger partial charge in [-0.2, -0.15) is 0 Å². The fraction of sp³-hybridized carbons (Fsp3) is 0.136. The highest BCUT2D eigenvalue weighted by Gasteiger charge is 2.12. The van der Waals surface area contributed by atoms with E-state index in [-0.39, 0.29) is 13.4 Å². The molecule has 0 bridgehead atoms. The molecule has 3 aromatic carbocycles. The van der Waals surface area contributed by atoms with Crippen LogP contribution in [0.1, 0.15) is 28.9 Å². The van der Waals surface area contributed by atoms with Crippen LogP contribution in [-0.4, -0.2) is 20.2 Å². The van der Waals surface area contributed by atoms with E-state index in [1.165, 1.54) is 7.11 Å². The van der Waals surface area contributed by atoms with Crippen molar-refractivity contribution in [2.45, 2.75) is 7.43 Å². The molecule has 0 fully saturated rings. The van der Waals surface area contributed by atoms with Gasteiger partial charge in [0.2, 0.25) is 0 Å². The van der Waals surface area contributed by atoms with Crippen molar-refractivity contribution < 1.29 is 14.3 Å². The summed E-state index contributed by atoms with van der Waals surface area (Å²) < 4.78 is 10.0. The van der Waals surface area contributed by atoms with Crippen molar-refractivity contribution in [2.75, 3.05) is 14.2 Å². The van der Waals surface area contributed by atoms with Crippen LogP contribution in [-0.2, 0) is 4.74 Å². The summed E-state index contributed by atoms with van der Waals surface area (Å²) in [5.41, 5.74) is 2.20.